The summed E-state index contributed by atoms with van der Waals surface area (Å²) in [4.78, 5) is 14.2. The van der Waals surface area contributed by atoms with Crippen LogP contribution in [0.5, 0.6) is 0 Å². The van der Waals surface area contributed by atoms with Crippen LogP contribution in [-0.4, -0.2) is 35.5 Å². The van der Waals surface area contributed by atoms with Crippen molar-refractivity contribution in [2.45, 2.75) is 44.8 Å². The molecule has 0 saturated carbocycles. The third-order valence-electron chi connectivity index (χ3n) is 3.83. The molecule has 0 spiro atoms. The van der Waals surface area contributed by atoms with Crippen molar-refractivity contribution in [2.24, 2.45) is 5.73 Å². The van der Waals surface area contributed by atoms with Gasteiger partial charge < -0.3 is 11.1 Å². The molecule has 1 aromatic rings. The van der Waals surface area contributed by atoms with Gasteiger partial charge >= 0.3 is 0 Å². The molecule has 1 heterocycles. The lowest BCUT2D eigenvalue weighted by Gasteiger charge is -2.33. The van der Waals surface area contributed by atoms with Gasteiger partial charge in [-0.3, -0.25) is 9.69 Å². The Morgan fingerprint density at radius 1 is 1.33 bits per heavy atom. The number of halogens is 1. The van der Waals surface area contributed by atoms with E-state index in [9.17, 15) is 9.18 Å². The van der Waals surface area contributed by atoms with Gasteiger partial charge in [-0.05, 0) is 44.4 Å². The number of carbonyl (C=O) groups excluding carboxylic acids is 1. The number of nitrogens with two attached hydrogens (primary N) is 1. The van der Waals surface area contributed by atoms with E-state index >= 15 is 0 Å². The summed E-state index contributed by atoms with van der Waals surface area (Å²) < 4.78 is 12.9. The number of hydrogen-bond donors (Lipinski definition) is 2. The lowest BCUT2D eigenvalue weighted by atomic mass is 10.0. The van der Waals surface area contributed by atoms with Crippen molar-refractivity contribution in [2.75, 3.05) is 13.1 Å². The number of hydrogen-bond acceptors (Lipinski definition) is 3. The highest BCUT2D eigenvalue weighted by Crippen LogP contribution is 2.15. The fraction of sp³-hybridized carbons (Fsp3) is 0.562. The normalized spacial score (nSPS) is 17.7. The van der Waals surface area contributed by atoms with Crippen LogP contribution in [0, 0.1) is 5.82 Å². The first kappa shape index (κ1) is 15.9. The predicted octanol–water partition coefficient (Wildman–Crippen LogP) is 1.64. The van der Waals surface area contributed by atoms with Gasteiger partial charge in [0.1, 0.15) is 5.82 Å². The van der Waals surface area contributed by atoms with E-state index in [1.54, 1.807) is 13.8 Å². The standard InChI is InChI=1S/C16H24FN3O/c1-16(2,18)15(21)19-14-7-9-20(10-8-14)11-12-3-5-13(17)6-4-12/h3-6,14H,7-11,18H2,1-2H3,(H,19,21). The minimum absolute atomic E-state index is 0.0977. The summed E-state index contributed by atoms with van der Waals surface area (Å²) in [5, 5.41) is 3.01. The summed E-state index contributed by atoms with van der Waals surface area (Å²) in [7, 11) is 0. The number of likely N-dealkylation sites (tertiary alicyclic amines) is 1. The molecular weight excluding hydrogens is 269 g/mol. The summed E-state index contributed by atoms with van der Waals surface area (Å²) in [5.41, 5.74) is 6.07. The molecule has 2 rings (SSSR count). The highest BCUT2D eigenvalue weighted by molar-refractivity contribution is 5.85. The molecular formula is C16H24FN3O. The second kappa shape index (κ2) is 6.54. The quantitative estimate of drug-likeness (QED) is 0.887. The van der Waals surface area contributed by atoms with Crippen molar-refractivity contribution < 1.29 is 9.18 Å². The minimum Gasteiger partial charge on any atom is -0.352 e. The molecule has 4 nitrogen and oxygen atoms in total. The molecule has 0 bridgehead atoms. The summed E-state index contributed by atoms with van der Waals surface area (Å²) in [6.07, 6.45) is 1.84. The van der Waals surface area contributed by atoms with Crippen LogP contribution < -0.4 is 11.1 Å². The van der Waals surface area contributed by atoms with Crippen molar-refractivity contribution in [1.82, 2.24) is 10.2 Å². The number of nitrogens with one attached hydrogen (secondary N) is 1. The molecule has 1 aliphatic rings. The number of nitrogens with zero attached hydrogens (tertiary/aromatic N) is 1. The van der Waals surface area contributed by atoms with Crippen LogP contribution in [0.2, 0.25) is 0 Å². The van der Waals surface area contributed by atoms with Crippen LogP contribution >= 0.6 is 0 Å². The Morgan fingerprint density at radius 2 is 1.90 bits per heavy atom. The SMILES string of the molecule is CC(C)(N)C(=O)NC1CCN(Cc2ccc(F)cc2)CC1. The second-order valence-electron chi connectivity index (χ2n) is 6.37. The number of piperidine rings is 1. The number of benzene rings is 1. The zero-order valence-electron chi connectivity index (χ0n) is 12.7. The van der Waals surface area contributed by atoms with Crippen molar-refractivity contribution in [1.29, 1.82) is 0 Å². The Kier molecular flexibility index (Phi) is 4.96. The molecule has 0 unspecified atom stereocenters. The van der Waals surface area contributed by atoms with Crippen LogP contribution in [0.15, 0.2) is 24.3 Å². The molecule has 0 radical (unpaired) electrons. The first-order valence-corrected chi connectivity index (χ1v) is 7.41. The van der Waals surface area contributed by atoms with Crippen molar-refractivity contribution in [3.63, 3.8) is 0 Å². The first-order valence-electron chi connectivity index (χ1n) is 7.41. The lowest BCUT2D eigenvalue weighted by Crippen LogP contribution is -2.54. The predicted molar refractivity (Wildman–Crippen MR) is 81.1 cm³/mol. The molecule has 0 aromatic heterocycles. The fourth-order valence-electron chi connectivity index (χ4n) is 2.45. The number of amides is 1. The molecule has 1 fully saturated rings. The number of rotatable bonds is 4. The molecule has 1 amide bonds. The minimum atomic E-state index is -0.828. The topological polar surface area (TPSA) is 58.4 Å². The Labute approximate surface area is 125 Å². The zero-order valence-corrected chi connectivity index (χ0v) is 12.7. The summed E-state index contributed by atoms with van der Waals surface area (Å²) in [6, 6.07) is 6.82. The van der Waals surface area contributed by atoms with Crippen LogP contribution in [0.25, 0.3) is 0 Å². The van der Waals surface area contributed by atoms with E-state index in [2.05, 4.69) is 10.2 Å². The molecule has 1 saturated heterocycles. The van der Waals surface area contributed by atoms with Gasteiger partial charge in [-0.2, -0.15) is 0 Å². The Bertz CT molecular complexity index is 473. The zero-order chi connectivity index (χ0) is 15.5. The van der Waals surface area contributed by atoms with E-state index in [-0.39, 0.29) is 17.8 Å². The van der Waals surface area contributed by atoms with E-state index in [0.717, 1.165) is 38.0 Å². The van der Waals surface area contributed by atoms with Gasteiger partial charge in [0.05, 0.1) is 5.54 Å². The van der Waals surface area contributed by atoms with E-state index < -0.39 is 5.54 Å². The molecule has 0 aliphatic carbocycles. The van der Waals surface area contributed by atoms with Gasteiger partial charge in [0.2, 0.25) is 5.91 Å². The van der Waals surface area contributed by atoms with E-state index in [1.807, 2.05) is 12.1 Å². The van der Waals surface area contributed by atoms with Gasteiger partial charge in [-0.25, -0.2) is 4.39 Å². The third kappa shape index (κ3) is 4.79. The van der Waals surface area contributed by atoms with E-state index in [0.29, 0.717) is 0 Å². The Balaban J connectivity index is 1.78. The van der Waals surface area contributed by atoms with Crippen LogP contribution in [0.3, 0.4) is 0 Å². The first-order chi connectivity index (χ1) is 9.84. The molecule has 21 heavy (non-hydrogen) atoms. The maximum atomic E-state index is 12.9. The summed E-state index contributed by atoms with van der Waals surface area (Å²) in [6.45, 7) is 6.10. The average Bonchev–Trinajstić information content (AvgIpc) is 2.42. The molecule has 3 N–H and O–H groups in total. The Morgan fingerprint density at radius 3 is 2.43 bits per heavy atom. The highest BCUT2D eigenvalue weighted by Gasteiger charge is 2.26. The van der Waals surface area contributed by atoms with Crippen molar-refractivity contribution in [3.8, 4) is 0 Å². The molecule has 5 heteroatoms. The Hall–Kier alpha value is -1.46. The van der Waals surface area contributed by atoms with E-state index in [4.69, 9.17) is 5.73 Å². The molecule has 1 aliphatic heterocycles. The largest absolute Gasteiger partial charge is 0.352 e. The van der Waals surface area contributed by atoms with Gasteiger partial charge in [0.15, 0.2) is 0 Å². The maximum absolute atomic E-state index is 12.9. The second-order valence-corrected chi connectivity index (χ2v) is 6.37. The summed E-state index contributed by atoms with van der Waals surface area (Å²) >= 11 is 0. The van der Waals surface area contributed by atoms with Crippen LogP contribution in [-0.2, 0) is 11.3 Å². The molecule has 0 atom stereocenters. The van der Waals surface area contributed by atoms with E-state index in [1.165, 1.54) is 12.1 Å². The number of carbonyl (C=O) groups is 1. The molecule has 1 aromatic carbocycles. The summed E-state index contributed by atoms with van der Waals surface area (Å²) in [5.74, 6) is -0.302. The maximum Gasteiger partial charge on any atom is 0.239 e. The van der Waals surface area contributed by atoms with Crippen molar-refractivity contribution in [3.05, 3.63) is 35.6 Å². The van der Waals surface area contributed by atoms with Crippen molar-refractivity contribution >= 4 is 5.91 Å². The van der Waals surface area contributed by atoms with Gasteiger partial charge in [-0.15, -0.1) is 0 Å². The average molecular weight is 293 g/mol. The van der Waals surface area contributed by atoms with Gasteiger partial charge in [-0.1, -0.05) is 12.1 Å². The fourth-order valence-corrected chi connectivity index (χ4v) is 2.45. The van der Waals surface area contributed by atoms with Crippen LogP contribution in [0.1, 0.15) is 32.3 Å². The van der Waals surface area contributed by atoms with Gasteiger partial charge in [0.25, 0.3) is 0 Å². The highest BCUT2D eigenvalue weighted by atomic mass is 19.1. The monoisotopic (exact) mass is 293 g/mol. The van der Waals surface area contributed by atoms with Crippen LogP contribution in [0.4, 0.5) is 4.39 Å². The lowest BCUT2D eigenvalue weighted by molar-refractivity contribution is -0.126. The van der Waals surface area contributed by atoms with Gasteiger partial charge in [0, 0.05) is 25.7 Å². The molecule has 116 valence electrons. The smallest absolute Gasteiger partial charge is 0.239 e. The third-order valence-corrected chi connectivity index (χ3v) is 3.83.